The lowest BCUT2D eigenvalue weighted by molar-refractivity contribution is 0.0974. The maximum Gasteiger partial charge on any atom is 0.305 e. The van der Waals surface area contributed by atoms with E-state index < -0.39 is 5.91 Å². The number of oxazole rings is 1. The first-order valence-electron chi connectivity index (χ1n) is 10.3. The predicted molar refractivity (Wildman–Crippen MR) is 117 cm³/mol. The molecule has 2 N–H and O–H groups in total. The second-order valence-corrected chi connectivity index (χ2v) is 7.51. The Labute approximate surface area is 184 Å². The van der Waals surface area contributed by atoms with Crippen LogP contribution in [0.4, 0.5) is 17.4 Å². The average Bonchev–Trinajstić information content (AvgIpc) is 3.45. The Morgan fingerprint density at radius 2 is 2.06 bits per heavy atom. The van der Waals surface area contributed by atoms with Gasteiger partial charge in [-0.3, -0.25) is 19.5 Å². The van der Waals surface area contributed by atoms with E-state index in [-0.39, 0.29) is 17.7 Å². The van der Waals surface area contributed by atoms with Crippen LogP contribution in [0.5, 0.6) is 5.75 Å². The van der Waals surface area contributed by atoms with Crippen molar-refractivity contribution in [1.29, 1.82) is 0 Å². The first-order chi connectivity index (χ1) is 15.6. The summed E-state index contributed by atoms with van der Waals surface area (Å²) in [6.07, 6.45) is 4.63. The minimum absolute atomic E-state index is 0.0106. The van der Waals surface area contributed by atoms with Crippen LogP contribution < -0.4 is 25.2 Å². The second kappa shape index (κ2) is 8.31. The number of amides is 2. The van der Waals surface area contributed by atoms with E-state index >= 15 is 0 Å². The molecule has 1 saturated heterocycles. The fourth-order valence-corrected chi connectivity index (χ4v) is 3.92. The molecular formula is C22H22N6O4. The van der Waals surface area contributed by atoms with Gasteiger partial charge in [-0.15, -0.1) is 0 Å². The van der Waals surface area contributed by atoms with Crippen molar-refractivity contribution in [2.45, 2.75) is 6.54 Å². The van der Waals surface area contributed by atoms with Crippen LogP contribution in [0, 0.1) is 0 Å². The predicted octanol–water partition coefficient (Wildman–Crippen LogP) is 1.90. The fourth-order valence-electron chi connectivity index (χ4n) is 3.92. The van der Waals surface area contributed by atoms with Gasteiger partial charge in [-0.2, -0.15) is 0 Å². The molecule has 164 valence electrons. The zero-order valence-electron chi connectivity index (χ0n) is 17.5. The van der Waals surface area contributed by atoms with E-state index in [9.17, 15) is 9.59 Å². The van der Waals surface area contributed by atoms with Crippen molar-refractivity contribution >= 4 is 29.2 Å². The van der Waals surface area contributed by atoms with Crippen molar-refractivity contribution in [3.8, 4) is 5.75 Å². The molecule has 0 saturated carbocycles. The SMILES string of the molecule is COc1ccc2c(c1)CN(c1ncc(C(=O)Nc3cnccc3N3CCNCC3)o1)C2=O. The summed E-state index contributed by atoms with van der Waals surface area (Å²) in [7, 11) is 1.57. The zero-order valence-corrected chi connectivity index (χ0v) is 17.5. The molecule has 1 aromatic carbocycles. The van der Waals surface area contributed by atoms with Gasteiger partial charge in [-0.25, -0.2) is 4.98 Å². The number of piperazine rings is 1. The number of anilines is 3. The maximum absolute atomic E-state index is 12.8. The van der Waals surface area contributed by atoms with Crippen LogP contribution >= 0.6 is 0 Å². The van der Waals surface area contributed by atoms with E-state index in [2.05, 4.69) is 25.5 Å². The van der Waals surface area contributed by atoms with Crippen LogP contribution in [-0.2, 0) is 6.54 Å². The number of methoxy groups -OCH3 is 1. The van der Waals surface area contributed by atoms with E-state index in [1.165, 1.54) is 11.1 Å². The number of benzene rings is 1. The normalized spacial score (nSPS) is 15.6. The number of fused-ring (bicyclic) bond motifs is 1. The zero-order chi connectivity index (χ0) is 22.1. The third-order valence-electron chi connectivity index (χ3n) is 5.57. The van der Waals surface area contributed by atoms with Gasteiger partial charge in [-0.05, 0) is 29.8 Å². The minimum atomic E-state index is -0.459. The molecule has 2 amide bonds. The van der Waals surface area contributed by atoms with Gasteiger partial charge < -0.3 is 24.7 Å². The number of nitrogens with one attached hydrogen (secondary N) is 2. The van der Waals surface area contributed by atoms with Gasteiger partial charge in [-0.1, -0.05) is 0 Å². The molecule has 10 nitrogen and oxygen atoms in total. The summed E-state index contributed by atoms with van der Waals surface area (Å²) in [6.45, 7) is 3.71. The molecule has 32 heavy (non-hydrogen) atoms. The lowest BCUT2D eigenvalue weighted by Gasteiger charge is -2.30. The fraction of sp³-hybridized carbons (Fsp3) is 0.273. The Morgan fingerprint density at radius 1 is 1.22 bits per heavy atom. The summed E-state index contributed by atoms with van der Waals surface area (Å²) >= 11 is 0. The summed E-state index contributed by atoms with van der Waals surface area (Å²) in [6, 6.07) is 7.21. The monoisotopic (exact) mass is 434 g/mol. The van der Waals surface area contributed by atoms with Crippen molar-refractivity contribution in [2.24, 2.45) is 0 Å². The molecule has 4 heterocycles. The summed E-state index contributed by atoms with van der Waals surface area (Å²) in [5.74, 6) is -0.0113. The van der Waals surface area contributed by atoms with E-state index in [0.717, 1.165) is 37.4 Å². The Hall–Kier alpha value is -3.92. The van der Waals surface area contributed by atoms with Crippen LogP contribution in [0.1, 0.15) is 26.5 Å². The number of nitrogens with zero attached hydrogens (tertiary/aromatic N) is 4. The average molecular weight is 434 g/mol. The van der Waals surface area contributed by atoms with Crippen LogP contribution in [0.2, 0.25) is 0 Å². The summed E-state index contributed by atoms with van der Waals surface area (Å²) < 4.78 is 10.9. The smallest absolute Gasteiger partial charge is 0.305 e. The molecule has 1 fully saturated rings. The van der Waals surface area contributed by atoms with Crippen LogP contribution in [0.3, 0.4) is 0 Å². The van der Waals surface area contributed by atoms with Gasteiger partial charge >= 0.3 is 6.01 Å². The van der Waals surface area contributed by atoms with E-state index in [4.69, 9.17) is 9.15 Å². The number of carbonyl (C=O) groups is 2. The number of rotatable bonds is 5. The van der Waals surface area contributed by atoms with Crippen LogP contribution in [0.25, 0.3) is 0 Å². The largest absolute Gasteiger partial charge is 0.497 e. The molecule has 10 heteroatoms. The molecular weight excluding hydrogens is 412 g/mol. The third kappa shape index (κ3) is 3.65. The van der Waals surface area contributed by atoms with E-state index in [1.54, 1.807) is 31.6 Å². The van der Waals surface area contributed by atoms with Gasteiger partial charge in [0, 0.05) is 37.9 Å². The summed E-state index contributed by atoms with van der Waals surface area (Å²) in [5.41, 5.74) is 2.86. The molecule has 0 aliphatic carbocycles. The van der Waals surface area contributed by atoms with Crippen molar-refractivity contribution in [3.05, 3.63) is 59.7 Å². The first kappa shape index (κ1) is 20.0. The molecule has 2 aliphatic rings. The number of hydrogen-bond donors (Lipinski definition) is 2. The highest BCUT2D eigenvalue weighted by Gasteiger charge is 2.32. The Kier molecular flexibility index (Phi) is 5.20. The number of carbonyl (C=O) groups excluding carboxylic acids is 2. The highest BCUT2D eigenvalue weighted by molar-refractivity contribution is 6.09. The minimum Gasteiger partial charge on any atom is -0.497 e. The van der Waals surface area contributed by atoms with Gasteiger partial charge in [0.15, 0.2) is 0 Å². The number of ether oxygens (including phenoxy) is 1. The van der Waals surface area contributed by atoms with Crippen molar-refractivity contribution in [2.75, 3.05) is 48.4 Å². The Bertz CT molecular complexity index is 1170. The van der Waals surface area contributed by atoms with Gasteiger partial charge in [0.05, 0.1) is 37.4 Å². The second-order valence-electron chi connectivity index (χ2n) is 7.51. The molecule has 3 aromatic rings. The number of aromatic nitrogens is 2. The molecule has 0 spiro atoms. The topological polar surface area (TPSA) is 113 Å². The van der Waals surface area contributed by atoms with E-state index in [1.807, 2.05) is 12.1 Å². The quantitative estimate of drug-likeness (QED) is 0.626. The van der Waals surface area contributed by atoms with Crippen molar-refractivity contribution in [1.82, 2.24) is 15.3 Å². The molecule has 0 bridgehead atoms. The summed E-state index contributed by atoms with van der Waals surface area (Å²) in [4.78, 5) is 37.5. The Morgan fingerprint density at radius 3 is 2.88 bits per heavy atom. The highest BCUT2D eigenvalue weighted by Crippen LogP contribution is 2.31. The van der Waals surface area contributed by atoms with Gasteiger partial charge in [0.1, 0.15) is 5.75 Å². The van der Waals surface area contributed by atoms with Gasteiger partial charge in [0.2, 0.25) is 5.76 Å². The number of hydrogen-bond acceptors (Lipinski definition) is 8. The van der Waals surface area contributed by atoms with Crippen LogP contribution in [-0.4, -0.2) is 55.1 Å². The molecule has 0 radical (unpaired) electrons. The third-order valence-corrected chi connectivity index (χ3v) is 5.57. The first-order valence-corrected chi connectivity index (χ1v) is 10.3. The standard InChI is InChI=1S/C22H22N6O4/c1-31-15-2-3-16-14(10-15)13-28(21(16)30)22-25-12-19(32-22)20(29)26-17-11-24-5-4-18(17)27-8-6-23-7-9-27/h2-5,10-12,23H,6-9,13H2,1H3,(H,26,29). The van der Waals surface area contributed by atoms with Gasteiger partial charge in [0.25, 0.3) is 11.8 Å². The lowest BCUT2D eigenvalue weighted by Crippen LogP contribution is -2.43. The van der Waals surface area contributed by atoms with Crippen molar-refractivity contribution < 1.29 is 18.7 Å². The number of pyridine rings is 1. The summed E-state index contributed by atoms with van der Waals surface area (Å²) in [5, 5.41) is 6.16. The Balaban J connectivity index is 1.33. The van der Waals surface area contributed by atoms with Crippen LogP contribution in [0.15, 0.2) is 47.3 Å². The molecule has 0 unspecified atom stereocenters. The molecule has 2 aromatic heterocycles. The molecule has 5 rings (SSSR count). The molecule has 0 atom stereocenters. The van der Waals surface area contributed by atoms with Crippen molar-refractivity contribution in [3.63, 3.8) is 0 Å². The maximum atomic E-state index is 12.8. The van der Waals surface area contributed by atoms with E-state index in [0.29, 0.717) is 23.5 Å². The lowest BCUT2D eigenvalue weighted by atomic mass is 10.1. The highest BCUT2D eigenvalue weighted by atomic mass is 16.5. The molecule has 2 aliphatic heterocycles.